The van der Waals surface area contributed by atoms with Crippen LogP contribution in [0, 0.1) is 0 Å². The molecule has 4 nitrogen and oxygen atoms in total. The fourth-order valence-corrected chi connectivity index (χ4v) is 2.67. The molecular weight excluding hydrogens is 379 g/mol. The average Bonchev–Trinajstić information content (AvgIpc) is 2.51. The molecule has 7 heteroatoms. The Morgan fingerprint density at radius 3 is 1.32 bits per heavy atom. The van der Waals surface area contributed by atoms with Crippen molar-refractivity contribution in [2.75, 3.05) is 13.1 Å². The molecule has 25 heavy (non-hydrogen) atoms. The van der Waals surface area contributed by atoms with Crippen molar-refractivity contribution in [1.82, 2.24) is 4.90 Å². The second-order valence-electron chi connectivity index (χ2n) is 6.14. The molecule has 0 aliphatic rings. The van der Waals surface area contributed by atoms with Crippen molar-refractivity contribution in [1.29, 1.82) is 0 Å². The van der Waals surface area contributed by atoms with E-state index >= 15 is 0 Å². The van der Waals surface area contributed by atoms with E-state index in [1.54, 1.807) is 0 Å². The standard InChI is InChI=1S/C17H35NOS.CH3NOS.K.H/c1-3-5-7-9-11-13-15-18(17(19)20)16-14-12-10-8-6-4-2;2-1(3)4;;/h3-16H2,1-2H3,(H,19,20);(H3,2,3,4);;/q;;+1;-1. The van der Waals surface area contributed by atoms with E-state index in [4.69, 9.17) is 4.79 Å². The van der Waals surface area contributed by atoms with Crippen LogP contribution in [0.5, 0.6) is 0 Å². The number of primary amides is 1. The quantitative estimate of drug-likeness (QED) is 0.230. The Morgan fingerprint density at radius 2 is 1.04 bits per heavy atom. The number of carbonyl (C=O) groups is 2. The topological polar surface area (TPSA) is 63.4 Å². The predicted molar refractivity (Wildman–Crippen MR) is 112 cm³/mol. The summed E-state index contributed by atoms with van der Waals surface area (Å²) >= 11 is 7.10. The van der Waals surface area contributed by atoms with Crippen molar-refractivity contribution in [2.24, 2.45) is 5.73 Å². The second-order valence-corrected chi connectivity index (χ2v) is 6.97. The van der Waals surface area contributed by atoms with Gasteiger partial charge in [-0.05, 0) is 12.8 Å². The Balaban J connectivity index is -0.000000363. The third-order valence-corrected chi connectivity index (χ3v) is 4.12. The number of thiol groups is 2. The van der Waals surface area contributed by atoms with Crippen LogP contribution in [0.3, 0.4) is 0 Å². The molecule has 2 N–H and O–H groups in total. The molecule has 0 saturated carbocycles. The van der Waals surface area contributed by atoms with Crippen LogP contribution in [0.15, 0.2) is 0 Å². The van der Waals surface area contributed by atoms with Crippen molar-refractivity contribution in [3.63, 3.8) is 0 Å². The summed E-state index contributed by atoms with van der Waals surface area (Å²) in [5, 5.41) is -0.688. The molecular formula is C18H39KN2O2S2. The van der Waals surface area contributed by atoms with E-state index in [9.17, 15) is 4.79 Å². The largest absolute Gasteiger partial charge is 1.00 e. The number of nitrogens with zero attached hydrogens (tertiary/aromatic N) is 1. The maximum absolute atomic E-state index is 11.5. The molecule has 0 aromatic carbocycles. The van der Waals surface area contributed by atoms with Crippen LogP contribution >= 0.6 is 25.3 Å². The first-order valence-electron chi connectivity index (χ1n) is 9.41. The number of unbranched alkanes of at least 4 members (excludes halogenated alkanes) is 10. The molecule has 0 unspecified atom stereocenters. The van der Waals surface area contributed by atoms with Crippen LogP contribution in [-0.2, 0) is 0 Å². The zero-order valence-corrected chi connectivity index (χ0v) is 21.5. The van der Waals surface area contributed by atoms with Crippen LogP contribution in [0.4, 0.5) is 9.59 Å². The van der Waals surface area contributed by atoms with Gasteiger partial charge in [0.05, 0.1) is 0 Å². The molecule has 0 saturated heterocycles. The van der Waals surface area contributed by atoms with Gasteiger partial charge in [-0.3, -0.25) is 9.59 Å². The Labute approximate surface area is 210 Å². The number of nitrogens with two attached hydrogens (primary N) is 1. The van der Waals surface area contributed by atoms with Crippen LogP contribution in [0.25, 0.3) is 0 Å². The molecule has 0 spiro atoms. The van der Waals surface area contributed by atoms with Crippen molar-refractivity contribution >= 4 is 35.7 Å². The number of hydrogen-bond acceptors (Lipinski definition) is 2. The van der Waals surface area contributed by atoms with Gasteiger partial charge in [-0.2, -0.15) is 0 Å². The van der Waals surface area contributed by atoms with Gasteiger partial charge in [0.1, 0.15) is 0 Å². The minimum Gasteiger partial charge on any atom is -1.00 e. The minimum absolute atomic E-state index is 0. The summed E-state index contributed by atoms with van der Waals surface area (Å²) in [5.74, 6) is 0. The summed E-state index contributed by atoms with van der Waals surface area (Å²) in [5.41, 5.74) is 4.34. The molecule has 0 atom stereocenters. The zero-order valence-electron chi connectivity index (χ0n) is 17.6. The van der Waals surface area contributed by atoms with E-state index in [2.05, 4.69) is 44.8 Å². The molecule has 0 aromatic rings. The smallest absolute Gasteiger partial charge is 1.00 e. The monoisotopic (exact) mass is 418 g/mol. The van der Waals surface area contributed by atoms with Gasteiger partial charge in [-0.1, -0.05) is 103 Å². The summed E-state index contributed by atoms with van der Waals surface area (Å²) in [6.45, 7) is 6.26. The van der Waals surface area contributed by atoms with Crippen LogP contribution < -0.4 is 57.1 Å². The fraction of sp³-hybridized carbons (Fsp3) is 0.889. The van der Waals surface area contributed by atoms with Crippen molar-refractivity contribution in [2.45, 2.75) is 90.9 Å². The van der Waals surface area contributed by atoms with Gasteiger partial charge in [-0.25, -0.2) is 0 Å². The number of rotatable bonds is 14. The molecule has 0 aliphatic carbocycles. The molecule has 0 aromatic heterocycles. The molecule has 0 bridgehead atoms. The minimum atomic E-state index is -0.639. The van der Waals surface area contributed by atoms with Gasteiger partial charge in [0.2, 0.25) is 0 Å². The number of amides is 2. The van der Waals surface area contributed by atoms with Crippen LogP contribution in [0.2, 0.25) is 0 Å². The summed E-state index contributed by atoms with van der Waals surface area (Å²) in [4.78, 5) is 22.5. The predicted octanol–water partition coefficient (Wildman–Crippen LogP) is 3.17. The van der Waals surface area contributed by atoms with E-state index in [1.165, 1.54) is 64.2 Å². The Kier molecular flexibility index (Phi) is 31.3. The van der Waals surface area contributed by atoms with E-state index < -0.39 is 5.24 Å². The summed E-state index contributed by atoms with van der Waals surface area (Å²) in [6.07, 6.45) is 15.3. The maximum atomic E-state index is 11.5. The molecule has 0 radical (unpaired) electrons. The van der Waals surface area contributed by atoms with Crippen molar-refractivity contribution in [3.05, 3.63) is 0 Å². The third kappa shape index (κ3) is 30.3. The molecule has 2 amide bonds. The first-order chi connectivity index (χ1) is 11.5. The molecule has 0 heterocycles. The molecule has 0 rings (SSSR count). The summed E-state index contributed by atoms with van der Waals surface area (Å²) in [7, 11) is 0. The first kappa shape index (κ1) is 31.0. The van der Waals surface area contributed by atoms with Crippen molar-refractivity contribution < 1.29 is 62.4 Å². The fourth-order valence-electron chi connectivity index (χ4n) is 2.47. The maximum Gasteiger partial charge on any atom is 1.00 e. The van der Waals surface area contributed by atoms with Gasteiger partial charge in [-0.15, -0.1) is 0 Å². The SMILES string of the molecule is CCCCCCCCN(CCCCCCCC)C(=O)S.NC(=O)S.[H-].[K+]. The molecule has 0 fully saturated rings. The van der Waals surface area contributed by atoms with E-state index in [1.807, 2.05) is 4.90 Å². The van der Waals surface area contributed by atoms with Crippen LogP contribution in [-0.4, -0.2) is 28.5 Å². The van der Waals surface area contributed by atoms with E-state index in [-0.39, 0.29) is 58.1 Å². The second kappa shape index (κ2) is 25.3. The first-order valence-corrected chi connectivity index (χ1v) is 10.3. The van der Waals surface area contributed by atoms with E-state index in [0.717, 1.165) is 25.9 Å². The normalized spacial score (nSPS) is 9.60. The van der Waals surface area contributed by atoms with Gasteiger partial charge in [0, 0.05) is 13.1 Å². The Hall–Kier alpha value is 1.28. The van der Waals surface area contributed by atoms with Crippen molar-refractivity contribution in [3.8, 4) is 0 Å². The van der Waals surface area contributed by atoms with Gasteiger partial charge in [0.25, 0.3) is 10.5 Å². The average molecular weight is 419 g/mol. The van der Waals surface area contributed by atoms with Gasteiger partial charge < -0.3 is 12.1 Å². The van der Waals surface area contributed by atoms with Gasteiger partial charge >= 0.3 is 51.4 Å². The van der Waals surface area contributed by atoms with E-state index in [0.29, 0.717) is 0 Å². The Bertz CT molecular complexity index is 295. The summed E-state index contributed by atoms with van der Waals surface area (Å²) in [6, 6.07) is 0. The summed E-state index contributed by atoms with van der Waals surface area (Å²) < 4.78 is 0. The zero-order chi connectivity index (χ0) is 18.6. The number of carbonyl (C=O) groups excluding carboxylic acids is 2. The Morgan fingerprint density at radius 1 is 0.760 bits per heavy atom. The number of hydrogen-bond donors (Lipinski definition) is 3. The molecule has 146 valence electrons. The molecule has 0 aliphatic heterocycles. The van der Waals surface area contributed by atoms with Crippen LogP contribution in [0.1, 0.15) is 92.3 Å². The van der Waals surface area contributed by atoms with Gasteiger partial charge in [0.15, 0.2) is 0 Å². The third-order valence-electron chi connectivity index (χ3n) is 3.83.